The van der Waals surface area contributed by atoms with Gasteiger partial charge in [-0.05, 0) is 40.2 Å². The number of hydrogen-bond donors (Lipinski definition) is 1. The average molecular weight is 399 g/mol. The summed E-state index contributed by atoms with van der Waals surface area (Å²) in [5.74, 6) is 1.46. The number of alkyl carbamates (subject to hydrolysis) is 1. The van der Waals surface area contributed by atoms with Crippen LogP contribution in [0.3, 0.4) is 0 Å². The molecule has 1 aromatic rings. The minimum Gasteiger partial charge on any atom is -0.446 e. The summed E-state index contributed by atoms with van der Waals surface area (Å²) in [6.07, 6.45) is 3.47. The highest BCUT2D eigenvalue weighted by atomic mass is 33.1. The van der Waals surface area contributed by atoms with Gasteiger partial charge in [-0.2, -0.15) is 0 Å². The second kappa shape index (κ2) is 11.8. The number of hydrogen-bond acceptors (Lipinski definition) is 5. The molecular formula is C20H34N2O2S2. The molecule has 0 aliphatic carbocycles. The first-order valence-electron chi connectivity index (χ1n) is 9.46. The van der Waals surface area contributed by atoms with Crippen LogP contribution in [0.1, 0.15) is 54.4 Å². The van der Waals surface area contributed by atoms with E-state index in [0.717, 1.165) is 23.6 Å². The van der Waals surface area contributed by atoms with Crippen LogP contribution in [0, 0.1) is 17.3 Å². The number of pyridine rings is 1. The lowest BCUT2D eigenvalue weighted by molar-refractivity contribution is -0.0106. The van der Waals surface area contributed by atoms with Crippen molar-refractivity contribution in [3.63, 3.8) is 0 Å². The number of rotatable bonds is 11. The second-order valence-corrected chi connectivity index (χ2v) is 9.82. The predicted octanol–water partition coefficient (Wildman–Crippen LogP) is 6.04. The maximum absolute atomic E-state index is 12.3. The molecule has 0 saturated heterocycles. The fourth-order valence-corrected chi connectivity index (χ4v) is 4.35. The standard InChI is InChI=1S/C20H34N2O2S2/c1-7-15(3)18(16(4)20(5,6)8-2)24-19(23)22-13-14-25-26-17-11-9-10-12-21-17/h9-12,15-16,18H,7-8,13-14H2,1-6H3,(H,22,23)/t15?,16?,18-/m0/s1. The number of aromatic nitrogens is 1. The van der Waals surface area contributed by atoms with Crippen LogP contribution >= 0.6 is 21.6 Å². The van der Waals surface area contributed by atoms with Gasteiger partial charge in [0.1, 0.15) is 11.1 Å². The van der Waals surface area contributed by atoms with Gasteiger partial charge in [-0.3, -0.25) is 0 Å². The number of ether oxygens (including phenoxy) is 1. The molecule has 0 spiro atoms. The summed E-state index contributed by atoms with van der Waals surface area (Å²) in [5, 5.41) is 3.87. The molecule has 3 atom stereocenters. The summed E-state index contributed by atoms with van der Waals surface area (Å²) in [6.45, 7) is 13.8. The van der Waals surface area contributed by atoms with Crippen molar-refractivity contribution in [1.29, 1.82) is 0 Å². The van der Waals surface area contributed by atoms with E-state index in [1.54, 1.807) is 27.8 Å². The van der Waals surface area contributed by atoms with E-state index in [2.05, 4.69) is 51.8 Å². The van der Waals surface area contributed by atoms with Gasteiger partial charge in [-0.25, -0.2) is 9.78 Å². The van der Waals surface area contributed by atoms with Crippen LogP contribution in [0.25, 0.3) is 0 Å². The van der Waals surface area contributed by atoms with E-state index in [9.17, 15) is 4.79 Å². The van der Waals surface area contributed by atoms with Gasteiger partial charge in [0.25, 0.3) is 0 Å². The first-order chi connectivity index (χ1) is 12.3. The largest absolute Gasteiger partial charge is 0.446 e. The summed E-state index contributed by atoms with van der Waals surface area (Å²) in [5.41, 5.74) is 0.142. The summed E-state index contributed by atoms with van der Waals surface area (Å²) in [7, 11) is 3.30. The Kier molecular flexibility index (Phi) is 10.5. The number of nitrogens with one attached hydrogen (secondary N) is 1. The topological polar surface area (TPSA) is 51.2 Å². The van der Waals surface area contributed by atoms with Gasteiger partial charge >= 0.3 is 6.09 Å². The van der Waals surface area contributed by atoms with Gasteiger partial charge in [0, 0.05) is 18.5 Å². The maximum atomic E-state index is 12.3. The van der Waals surface area contributed by atoms with Gasteiger partial charge in [-0.1, -0.05) is 71.2 Å². The molecule has 1 aromatic heterocycles. The van der Waals surface area contributed by atoms with E-state index in [0.29, 0.717) is 18.4 Å². The van der Waals surface area contributed by atoms with Crippen molar-refractivity contribution in [2.75, 3.05) is 12.3 Å². The van der Waals surface area contributed by atoms with Crippen molar-refractivity contribution < 1.29 is 9.53 Å². The monoisotopic (exact) mass is 398 g/mol. The van der Waals surface area contributed by atoms with E-state index in [1.807, 2.05) is 18.2 Å². The van der Waals surface area contributed by atoms with E-state index in [4.69, 9.17) is 4.74 Å². The van der Waals surface area contributed by atoms with Gasteiger partial charge in [0.05, 0.1) is 0 Å². The van der Waals surface area contributed by atoms with Gasteiger partial charge in [0.2, 0.25) is 0 Å². The van der Waals surface area contributed by atoms with E-state index < -0.39 is 0 Å². The molecule has 1 heterocycles. The van der Waals surface area contributed by atoms with E-state index >= 15 is 0 Å². The number of carbonyl (C=O) groups is 1. The van der Waals surface area contributed by atoms with Crippen LogP contribution in [0.5, 0.6) is 0 Å². The van der Waals surface area contributed by atoms with Crippen molar-refractivity contribution in [3.05, 3.63) is 24.4 Å². The van der Waals surface area contributed by atoms with Crippen LogP contribution in [-0.2, 0) is 4.74 Å². The van der Waals surface area contributed by atoms with Gasteiger partial charge in [0.15, 0.2) is 0 Å². The summed E-state index contributed by atoms with van der Waals surface area (Å²) >= 11 is 0. The zero-order chi connectivity index (χ0) is 19.6. The minimum atomic E-state index is -0.308. The quantitative estimate of drug-likeness (QED) is 0.364. The Morgan fingerprint density at radius 3 is 2.62 bits per heavy atom. The van der Waals surface area contributed by atoms with Gasteiger partial charge < -0.3 is 10.1 Å². The highest BCUT2D eigenvalue weighted by Crippen LogP contribution is 2.37. The van der Waals surface area contributed by atoms with Crippen LogP contribution < -0.4 is 5.32 Å². The minimum absolute atomic E-state index is 0.0644. The molecule has 0 saturated carbocycles. The normalized spacial score (nSPS) is 15.2. The van der Waals surface area contributed by atoms with Crippen LogP contribution in [0.2, 0.25) is 0 Å². The Morgan fingerprint density at radius 1 is 1.31 bits per heavy atom. The Hall–Kier alpha value is -0.880. The second-order valence-electron chi connectivity index (χ2n) is 7.39. The molecule has 0 aliphatic heterocycles. The molecule has 148 valence electrons. The maximum Gasteiger partial charge on any atom is 0.407 e. The fourth-order valence-electron chi connectivity index (χ4n) is 2.57. The van der Waals surface area contributed by atoms with Crippen molar-refractivity contribution in [1.82, 2.24) is 10.3 Å². The van der Waals surface area contributed by atoms with Crippen molar-refractivity contribution in [2.24, 2.45) is 17.3 Å². The lowest BCUT2D eigenvalue weighted by Gasteiger charge is -2.38. The molecule has 6 heteroatoms. The summed E-state index contributed by atoms with van der Waals surface area (Å²) in [6, 6.07) is 5.85. The number of carbonyl (C=O) groups excluding carboxylic acids is 1. The first kappa shape index (κ1) is 23.2. The SMILES string of the molecule is CCC(C)[C@H](OC(=O)NCCSSc1ccccn1)C(C)C(C)(C)CC. The predicted molar refractivity (Wildman–Crippen MR) is 114 cm³/mol. The molecule has 2 unspecified atom stereocenters. The number of amides is 1. The van der Waals surface area contributed by atoms with E-state index in [1.165, 1.54) is 0 Å². The van der Waals surface area contributed by atoms with E-state index in [-0.39, 0.29) is 17.6 Å². The lowest BCUT2D eigenvalue weighted by atomic mass is 9.72. The molecule has 4 nitrogen and oxygen atoms in total. The van der Waals surface area contributed by atoms with Crippen LogP contribution in [0.4, 0.5) is 4.79 Å². The Balaban J connectivity index is 2.41. The number of nitrogens with zero attached hydrogens (tertiary/aromatic N) is 1. The zero-order valence-corrected chi connectivity index (χ0v) is 18.6. The molecular weight excluding hydrogens is 364 g/mol. The van der Waals surface area contributed by atoms with Crippen LogP contribution in [0.15, 0.2) is 29.4 Å². The van der Waals surface area contributed by atoms with Crippen LogP contribution in [-0.4, -0.2) is 29.5 Å². The highest BCUT2D eigenvalue weighted by Gasteiger charge is 2.35. The van der Waals surface area contributed by atoms with Crippen molar-refractivity contribution in [2.45, 2.75) is 65.5 Å². The molecule has 1 amide bonds. The fraction of sp³-hybridized carbons (Fsp3) is 0.700. The highest BCUT2D eigenvalue weighted by molar-refractivity contribution is 8.76. The van der Waals surface area contributed by atoms with Crippen molar-refractivity contribution >= 4 is 27.7 Å². The summed E-state index contributed by atoms with van der Waals surface area (Å²) in [4.78, 5) is 16.5. The zero-order valence-electron chi connectivity index (χ0n) is 17.0. The third-order valence-corrected chi connectivity index (χ3v) is 7.59. The molecule has 0 radical (unpaired) electrons. The first-order valence-corrected chi connectivity index (χ1v) is 11.8. The van der Waals surface area contributed by atoms with Crippen molar-refractivity contribution in [3.8, 4) is 0 Å². The Labute approximate surface area is 167 Å². The molecule has 26 heavy (non-hydrogen) atoms. The molecule has 0 aromatic carbocycles. The van der Waals surface area contributed by atoms with Gasteiger partial charge in [-0.15, -0.1) is 0 Å². The average Bonchev–Trinajstić information content (AvgIpc) is 2.65. The molecule has 0 fully saturated rings. The molecule has 1 N–H and O–H groups in total. The third kappa shape index (κ3) is 7.78. The Bertz CT molecular complexity index is 526. The Morgan fingerprint density at radius 2 is 2.04 bits per heavy atom. The summed E-state index contributed by atoms with van der Waals surface area (Å²) < 4.78 is 5.84. The smallest absolute Gasteiger partial charge is 0.407 e. The molecule has 0 bridgehead atoms. The molecule has 0 aliphatic rings. The third-order valence-electron chi connectivity index (χ3n) is 5.32. The molecule has 1 rings (SSSR count). The lowest BCUT2D eigenvalue weighted by Crippen LogP contribution is -2.41.